The Labute approximate surface area is 156 Å². The van der Waals surface area contributed by atoms with Crippen molar-refractivity contribution in [2.75, 3.05) is 18.1 Å². The van der Waals surface area contributed by atoms with Crippen LogP contribution in [0.3, 0.4) is 0 Å². The monoisotopic (exact) mass is 362 g/mol. The summed E-state index contributed by atoms with van der Waals surface area (Å²) in [6, 6.07) is 17.7. The molecule has 0 atom stereocenters. The van der Waals surface area contributed by atoms with E-state index in [-0.39, 0.29) is 25.5 Å². The minimum atomic E-state index is -0.431. The van der Waals surface area contributed by atoms with Crippen LogP contribution >= 0.6 is 0 Å². The predicted octanol–water partition coefficient (Wildman–Crippen LogP) is 3.43. The summed E-state index contributed by atoms with van der Waals surface area (Å²) in [7, 11) is 0. The molecule has 1 aromatic heterocycles. The van der Waals surface area contributed by atoms with Gasteiger partial charge in [-0.25, -0.2) is 4.79 Å². The van der Waals surface area contributed by atoms with Crippen LogP contribution in [-0.4, -0.2) is 19.1 Å². The lowest BCUT2D eigenvalue weighted by Gasteiger charge is -2.21. The highest BCUT2D eigenvalue weighted by molar-refractivity contribution is 5.94. The van der Waals surface area contributed by atoms with Crippen molar-refractivity contribution in [3.05, 3.63) is 70.6 Å². The van der Waals surface area contributed by atoms with E-state index in [9.17, 15) is 9.59 Å². The summed E-state index contributed by atoms with van der Waals surface area (Å²) in [5.74, 6) is 0.167. The third-order valence-electron chi connectivity index (χ3n) is 4.10. The minimum absolute atomic E-state index is 0.193. The molecule has 0 aliphatic rings. The topological polar surface area (TPSA) is 83.5 Å². The summed E-state index contributed by atoms with van der Waals surface area (Å²) in [4.78, 5) is 25.7. The van der Waals surface area contributed by atoms with Crippen molar-refractivity contribution in [3.8, 4) is 11.8 Å². The molecule has 0 unspecified atom stereocenters. The average molecular weight is 362 g/mol. The fourth-order valence-corrected chi connectivity index (χ4v) is 2.79. The van der Waals surface area contributed by atoms with Gasteiger partial charge in [-0.2, -0.15) is 5.26 Å². The molecule has 0 aliphatic carbocycles. The number of nitriles is 1. The Bertz CT molecular complexity index is 1050. The van der Waals surface area contributed by atoms with Crippen molar-refractivity contribution in [3.63, 3.8) is 0 Å². The second kappa shape index (κ2) is 8.19. The molecule has 0 aliphatic heterocycles. The molecule has 0 spiro atoms. The molecular weight excluding hydrogens is 344 g/mol. The third-order valence-corrected chi connectivity index (χ3v) is 4.10. The summed E-state index contributed by atoms with van der Waals surface area (Å²) >= 11 is 0. The molecule has 0 N–H and O–H groups in total. The molecule has 0 fully saturated rings. The Hall–Kier alpha value is -3.59. The van der Waals surface area contributed by atoms with Gasteiger partial charge in [0, 0.05) is 29.8 Å². The van der Waals surface area contributed by atoms with Crippen molar-refractivity contribution in [2.24, 2.45) is 0 Å². The number of hydrogen-bond donors (Lipinski definition) is 0. The van der Waals surface area contributed by atoms with E-state index in [0.29, 0.717) is 17.0 Å². The maximum absolute atomic E-state index is 12.6. The van der Waals surface area contributed by atoms with Crippen LogP contribution in [0.1, 0.15) is 12.0 Å². The standard InChI is InChI=1S/C21H18N2O4/c1-15-12-21(25)27-19-13-17(8-9-18(15)19)26-14-20(24)23(11-5-10-22)16-6-3-2-4-7-16/h2-4,6-9,12-13H,5,11,14H2,1H3. The number of benzene rings is 2. The zero-order chi connectivity index (χ0) is 19.2. The van der Waals surface area contributed by atoms with Gasteiger partial charge in [0.05, 0.1) is 12.5 Å². The van der Waals surface area contributed by atoms with E-state index < -0.39 is 5.63 Å². The number of carbonyl (C=O) groups is 1. The zero-order valence-corrected chi connectivity index (χ0v) is 14.8. The summed E-state index contributed by atoms with van der Waals surface area (Å²) in [6.45, 7) is 1.92. The molecule has 3 rings (SSSR count). The Morgan fingerprint density at radius 2 is 1.96 bits per heavy atom. The second-order valence-corrected chi connectivity index (χ2v) is 5.98. The summed E-state index contributed by atoms with van der Waals surface area (Å²) in [5.41, 5.74) is 1.51. The van der Waals surface area contributed by atoms with Crippen LogP contribution in [0, 0.1) is 18.3 Å². The molecule has 136 valence electrons. The van der Waals surface area contributed by atoms with Gasteiger partial charge in [0.1, 0.15) is 11.3 Å². The fraction of sp³-hybridized carbons (Fsp3) is 0.190. The first-order valence-electron chi connectivity index (χ1n) is 8.48. The van der Waals surface area contributed by atoms with Gasteiger partial charge < -0.3 is 14.1 Å². The van der Waals surface area contributed by atoms with Gasteiger partial charge in [-0.05, 0) is 36.8 Å². The third kappa shape index (κ3) is 4.33. The summed E-state index contributed by atoms with van der Waals surface area (Å²) < 4.78 is 10.8. The number of anilines is 1. The molecule has 1 amide bonds. The number of fused-ring (bicyclic) bond motifs is 1. The number of rotatable bonds is 6. The molecule has 2 aromatic carbocycles. The Kier molecular flexibility index (Phi) is 5.53. The minimum Gasteiger partial charge on any atom is -0.484 e. The van der Waals surface area contributed by atoms with Gasteiger partial charge in [-0.1, -0.05) is 18.2 Å². The smallest absolute Gasteiger partial charge is 0.336 e. The van der Waals surface area contributed by atoms with Gasteiger partial charge in [0.15, 0.2) is 6.61 Å². The summed E-state index contributed by atoms with van der Waals surface area (Å²) in [5, 5.41) is 9.66. The zero-order valence-electron chi connectivity index (χ0n) is 14.8. The first-order valence-corrected chi connectivity index (χ1v) is 8.48. The van der Waals surface area contributed by atoms with E-state index in [1.165, 1.54) is 11.0 Å². The van der Waals surface area contributed by atoms with E-state index in [1.54, 1.807) is 18.2 Å². The van der Waals surface area contributed by atoms with E-state index in [2.05, 4.69) is 6.07 Å². The first-order chi connectivity index (χ1) is 13.1. The van der Waals surface area contributed by atoms with Crippen LogP contribution in [0.4, 0.5) is 5.69 Å². The van der Waals surface area contributed by atoms with E-state index in [1.807, 2.05) is 37.3 Å². The Morgan fingerprint density at radius 1 is 1.19 bits per heavy atom. The quantitative estimate of drug-likeness (QED) is 0.627. The largest absolute Gasteiger partial charge is 0.484 e. The van der Waals surface area contributed by atoms with E-state index >= 15 is 0 Å². The molecule has 0 saturated heterocycles. The van der Waals surface area contributed by atoms with Crippen LogP contribution in [0.25, 0.3) is 11.0 Å². The highest BCUT2D eigenvalue weighted by Crippen LogP contribution is 2.22. The average Bonchev–Trinajstić information content (AvgIpc) is 2.67. The molecule has 0 saturated carbocycles. The van der Waals surface area contributed by atoms with Crippen molar-refractivity contribution in [1.82, 2.24) is 0 Å². The molecule has 1 heterocycles. The lowest BCUT2D eigenvalue weighted by atomic mass is 10.1. The number of aryl methyl sites for hydroxylation is 1. The predicted molar refractivity (Wildman–Crippen MR) is 102 cm³/mol. The van der Waals surface area contributed by atoms with Crippen LogP contribution in [0.2, 0.25) is 0 Å². The van der Waals surface area contributed by atoms with E-state index in [4.69, 9.17) is 14.4 Å². The van der Waals surface area contributed by atoms with Crippen molar-refractivity contribution < 1.29 is 13.9 Å². The van der Waals surface area contributed by atoms with Crippen LogP contribution < -0.4 is 15.3 Å². The van der Waals surface area contributed by atoms with Crippen LogP contribution in [0.15, 0.2) is 63.8 Å². The van der Waals surface area contributed by atoms with Crippen molar-refractivity contribution in [2.45, 2.75) is 13.3 Å². The number of hydrogen-bond acceptors (Lipinski definition) is 5. The Morgan fingerprint density at radius 3 is 2.70 bits per heavy atom. The first kappa shape index (κ1) is 18.2. The normalized spacial score (nSPS) is 10.4. The highest BCUT2D eigenvalue weighted by atomic mass is 16.5. The second-order valence-electron chi connectivity index (χ2n) is 5.98. The maximum Gasteiger partial charge on any atom is 0.336 e. The van der Waals surface area contributed by atoms with Crippen LogP contribution in [-0.2, 0) is 4.79 Å². The molecule has 27 heavy (non-hydrogen) atoms. The van der Waals surface area contributed by atoms with E-state index in [0.717, 1.165) is 10.9 Å². The number of ether oxygens (including phenoxy) is 1. The van der Waals surface area contributed by atoms with Gasteiger partial charge >= 0.3 is 5.63 Å². The molecule has 3 aromatic rings. The number of carbonyl (C=O) groups excluding carboxylic acids is 1. The Balaban J connectivity index is 1.76. The lowest BCUT2D eigenvalue weighted by Crippen LogP contribution is -2.35. The SMILES string of the molecule is Cc1cc(=O)oc2cc(OCC(=O)N(CCC#N)c3ccccc3)ccc12. The van der Waals surface area contributed by atoms with Gasteiger partial charge in [-0.15, -0.1) is 0 Å². The molecule has 0 bridgehead atoms. The van der Waals surface area contributed by atoms with Crippen molar-refractivity contribution in [1.29, 1.82) is 5.26 Å². The summed E-state index contributed by atoms with van der Waals surface area (Å²) in [6.07, 6.45) is 0.223. The molecule has 6 heteroatoms. The van der Waals surface area contributed by atoms with Gasteiger partial charge in [0.25, 0.3) is 5.91 Å². The number of amides is 1. The number of para-hydroxylation sites is 1. The molecular formula is C21H18N2O4. The molecule has 6 nitrogen and oxygen atoms in total. The fourth-order valence-electron chi connectivity index (χ4n) is 2.79. The van der Waals surface area contributed by atoms with Gasteiger partial charge in [0.2, 0.25) is 0 Å². The number of nitrogens with zero attached hydrogens (tertiary/aromatic N) is 2. The van der Waals surface area contributed by atoms with Crippen LogP contribution in [0.5, 0.6) is 5.75 Å². The van der Waals surface area contributed by atoms with Crippen molar-refractivity contribution >= 4 is 22.6 Å². The highest BCUT2D eigenvalue weighted by Gasteiger charge is 2.16. The van der Waals surface area contributed by atoms with Gasteiger partial charge in [-0.3, -0.25) is 4.79 Å². The molecule has 0 radical (unpaired) electrons. The maximum atomic E-state index is 12.6. The lowest BCUT2D eigenvalue weighted by molar-refractivity contribution is -0.120.